The van der Waals surface area contributed by atoms with Gasteiger partial charge in [-0.25, -0.2) is 0 Å². The van der Waals surface area contributed by atoms with E-state index >= 15 is 0 Å². The Kier molecular flexibility index (Phi) is 8.42. The number of hydrogen-bond acceptors (Lipinski definition) is 4. The Morgan fingerprint density at radius 2 is 1.67 bits per heavy atom. The standard InChI is InChI=1S/C14H23NO3/c1-15-14(13-6-4-3-5-7-13)12-18-11-10-17-9-8-16-2/h3-7,14-15H,8-12H2,1-2H3. The molecule has 0 aliphatic carbocycles. The molecule has 0 aromatic heterocycles. The minimum Gasteiger partial charge on any atom is -0.382 e. The summed E-state index contributed by atoms with van der Waals surface area (Å²) < 4.78 is 15.8. The average molecular weight is 253 g/mol. The summed E-state index contributed by atoms with van der Waals surface area (Å²) in [5, 5.41) is 3.24. The third kappa shape index (κ3) is 6.12. The number of methoxy groups -OCH3 is 1. The van der Waals surface area contributed by atoms with Gasteiger partial charge in [0.1, 0.15) is 0 Å². The summed E-state index contributed by atoms with van der Waals surface area (Å²) in [4.78, 5) is 0. The zero-order valence-electron chi connectivity index (χ0n) is 11.2. The topological polar surface area (TPSA) is 39.7 Å². The first kappa shape index (κ1) is 15.1. The number of benzene rings is 1. The number of nitrogens with one attached hydrogen (secondary N) is 1. The maximum Gasteiger partial charge on any atom is 0.0701 e. The van der Waals surface area contributed by atoms with Crippen LogP contribution in [-0.2, 0) is 14.2 Å². The fourth-order valence-corrected chi connectivity index (χ4v) is 1.59. The van der Waals surface area contributed by atoms with Crippen LogP contribution in [0.25, 0.3) is 0 Å². The highest BCUT2D eigenvalue weighted by atomic mass is 16.5. The highest BCUT2D eigenvalue weighted by Crippen LogP contribution is 2.11. The Hall–Kier alpha value is -0.940. The lowest BCUT2D eigenvalue weighted by Gasteiger charge is -2.16. The monoisotopic (exact) mass is 253 g/mol. The van der Waals surface area contributed by atoms with E-state index in [2.05, 4.69) is 17.4 Å². The summed E-state index contributed by atoms with van der Waals surface area (Å²) in [5.41, 5.74) is 1.24. The molecular weight excluding hydrogens is 230 g/mol. The van der Waals surface area contributed by atoms with Crippen LogP contribution >= 0.6 is 0 Å². The summed E-state index contributed by atoms with van der Waals surface area (Å²) in [6, 6.07) is 10.5. The molecule has 1 atom stereocenters. The minimum absolute atomic E-state index is 0.227. The summed E-state index contributed by atoms with van der Waals surface area (Å²) in [6.45, 7) is 3.11. The molecule has 1 unspecified atom stereocenters. The first-order chi connectivity index (χ1) is 8.88. The fourth-order valence-electron chi connectivity index (χ4n) is 1.59. The van der Waals surface area contributed by atoms with Crippen molar-refractivity contribution in [1.29, 1.82) is 0 Å². The largest absolute Gasteiger partial charge is 0.382 e. The van der Waals surface area contributed by atoms with E-state index in [-0.39, 0.29) is 6.04 Å². The van der Waals surface area contributed by atoms with Gasteiger partial charge in [0, 0.05) is 7.11 Å². The highest BCUT2D eigenvalue weighted by Gasteiger charge is 2.07. The third-order valence-electron chi connectivity index (χ3n) is 2.64. The number of likely N-dealkylation sites (N-methyl/N-ethyl adjacent to an activating group) is 1. The van der Waals surface area contributed by atoms with Gasteiger partial charge in [-0.3, -0.25) is 0 Å². The zero-order valence-corrected chi connectivity index (χ0v) is 11.2. The molecule has 4 heteroatoms. The van der Waals surface area contributed by atoms with E-state index < -0.39 is 0 Å². The van der Waals surface area contributed by atoms with E-state index in [1.54, 1.807) is 7.11 Å². The minimum atomic E-state index is 0.227. The van der Waals surface area contributed by atoms with Crippen molar-refractivity contribution in [3.8, 4) is 0 Å². The van der Waals surface area contributed by atoms with Crippen molar-refractivity contribution in [3.63, 3.8) is 0 Å². The van der Waals surface area contributed by atoms with Gasteiger partial charge in [0.2, 0.25) is 0 Å². The molecule has 4 nitrogen and oxygen atoms in total. The fraction of sp³-hybridized carbons (Fsp3) is 0.571. The second-order valence-electron chi connectivity index (χ2n) is 3.93. The molecule has 1 aromatic carbocycles. The molecular formula is C14H23NO3. The smallest absolute Gasteiger partial charge is 0.0701 e. The lowest BCUT2D eigenvalue weighted by atomic mass is 10.1. The molecule has 1 N–H and O–H groups in total. The van der Waals surface area contributed by atoms with E-state index in [1.807, 2.05) is 25.2 Å². The number of ether oxygens (including phenoxy) is 3. The van der Waals surface area contributed by atoms with Crippen molar-refractivity contribution >= 4 is 0 Å². The maximum absolute atomic E-state index is 5.59. The van der Waals surface area contributed by atoms with Crippen LogP contribution in [0.1, 0.15) is 11.6 Å². The van der Waals surface area contributed by atoms with E-state index in [4.69, 9.17) is 14.2 Å². The van der Waals surface area contributed by atoms with E-state index in [9.17, 15) is 0 Å². The molecule has 0 bridgehead atoms. The average Bonchev–Trinajstić information content (AvgIpc) is 2.43. The molecule has 0 radical (unpaired) electrons. The van der Waals surface area contributed by atoms with Gasteiger partial charge in [0.05, 0.1) is 39.1 Å². The molecule has 0 saturated carbocycles. The zero-order chi connectivity index (χ0) is 13.1. The van der Waals surface area contributed by atoms with Gasteiger partial charge in [0.25, 0.3) is 0 Å². The number of rotatable bonds is 10. The summed E-state index contributed by atoms with van der Waals surface area (Å²) >= 11 is 0. The second-order valence-corrected chi connectivity index (χ2v) is 3.93. The van der Waals surface area contributed by atoms with Crippen LogP contribution in [-0.4, -0.2) is 47.2 Å². The first-order valence-electron chi connectivity index (χ1n) is 6.25. The molecule has 0 amide bonds. The molecule has 0 aliphatic rings. The van der Waals surface area contributed by atoms with E-state index in [0.29, 0.717) is 33.0 Å². The predicted octanol–water partition coefficient (Wildman–Crippen LogP) is 1.63. The highest BCUT2D eigenvalue weighted by molar-refractivity contribution is 5.18. The van der Waals surface area contributed by atoms with Crippen molar-refractivity contribution in [2.45, 2.75) is 6.04 Å². The van der Waals surface area contributed by atoms with Crippen LogP contribution in [0.15, 0.2) is 30.3 Å². The summed E-state index contributed by atoms with van der Waals surface area (Å²) in [7, 11) is 3.60. The molecule has 1 rings (SSSR count). The van der Waals surface area contributed by atoms with Crippen LogP contribution in [0.4, 0.5) is 0 Å². The van der Waals surface area contributed by atoms with Crippen LogP contribution in [0.3, 0.4) is 0 Å². The second kappa shape index (κ2) is 10.0. The Morgan fingerprint density at radius 1 is 1.00 bits per heavy atom. The molecule has 102 valence electrons. The van der Waals surface area contributed by atoms with Crippen LogP contribution in [0, 0.1) is 0 Å². The van der Waals surface area contributed by atoms with Gasteiger partial charge in [-0.15, -0.1) is 0 Å². The first-order valence-corrected chi connectivity index (χ1v) is 6.25. The molecule has 0 fully saturated rings. The third-order valence-corrected chi connectivity index (χ3v) is 2.64. The van der Waals surface area contributed by atoms with Crippen molar-refractivity contribution < 1.29 is 14.2 Å². The Morgan fingerprint density at radius 3 is 2.33 bits per heavy atom. The summed E-state index contributed by atoms with van der Waals surface area (Å²) in [5.74, 6) is 0. The van der Waals surface area contributed by atoms with Crippen molar-refractivity contribution in [1.82, 2.24) is 5.32 Å². The van der Waals surface area contributed by atoms with Gasteiger partial charge >= 0.3 is 0 Å². The molecule has 18 heavy (non-hydrogen) atoms. The van der Waals surface area contributed by atoms with E-state index in [0.717, 1.165) is 0 Å². The SMILES string of the molecule is CNC(COCCOCCOC)c1ccccc1. The van der Waals surface area contributed by atoms with Crippen molar-refractivity contribution in [3.05, 3.63) is 35.9 Å². The molecule has 0 aliphatic heterocycles. The maximum atomic E-state index is 5.59. The van der Waals surface area contributed by atoms with Crippen LogP contribution in [0.5, 0.6) is 0 Å². The van der Waals surface area contributed by atoms with Crippen molar-refractivity contribution in [2.24, 2.45) is 0 Å². The van der Waals surface area contributed by atoms with Gasteiger partial charge < -0.3 is 19.5 Å². The lowest BCUT2D eigenvalue weighted by molar-refractivity contribution is 0.0197. The van der Waals surface area contributed by atoms with Crippen molar-refractivity contribution in [2.75, 3.05) is 47.2 Å². The van der Waals surface area contributed by atoms with Crippen LogP contribution < -0.4 is 5.32 Å². The quantitative estimate of drug-likeness (QED) is 0.643. The lowest BCUT2D eigenvalue weighted by Crippen LogP contribution is -2.22. The van der Waals surface area contributed by atoms with Gasteiger partial charge in [-0.2, -0.15) is 0 Å². The van der Waals surface area contributed by atoms with E-state index in [1.165, 1.54) is 5.56 Å². The predicted molar refractivity (Wildman–Crippen MR) is 71.8 cm³/mol. The van der Waals surface area contributed by atoms with Gasteiger partial charge in [0.15, 0.2) is 0 Å². The van der Waals surface area contributed by atoms with Crippen LogP contribution in [0.2, 0.25) is 0 Å². The summed E-state index contributed by atoms with van der Waals surface area (Å²) in [6.07, 6.45) is 0. The normalized spacial score (nSPS) is 12.6. The molecule has 1 aromatic rings. The Labute approximate surface area is 109 Å². The Balaban J connectivity index is 2.13. The molecule has 0 saturated heterocycles. The van der Waals surface area contributed by atoms with Gasteiger partial charge in [-0.1, -0.05) is 30.3 Å². The molecule has 0 heterocycles. The van der Waals surface area contributed by atoms with Gasteiger partial charge in [-0.05, 0) is 12.6 Å². The number of hydrogen-bond donors (Lipinski definition) is 1. The molecule has 0 spiro atoms. The Bertz CT molecular complexity index is 292.